The summed E-state index contributed by atoms with van der Waals surface area (Å²) in [6.45, 7) is 1.49. The number of allylic oxidation sites excluding steroid dienone is 1. The third-order valence-corrected chi connectivity index (χ3v) is 2.09. The first-order valence-electron chi connectivity index (χ1n) is 4.89. The molecule has 1 aromatic heterocycles. The minimum absolute atomic E-state index is 0.00702. The Hall–Kier alpha value is -1.85. The maximum Gasteiger partial charge on any atom is 0.418 e. The molecule has 0 unspecified atom stereocenters. The second-order valence-electron chi connectivity index (χ2n) is 3.24. The average Bonchev–Trinajstić information content (AvgIpc) is 2.29. The van der Waals surface area contributed by atoms with E-state index in [1.54, 1.807) is 0 Å². The van der Waals surface area contributed by atoms with Crippen LogP contribution in [0.15, 0.2) is 35.3 Å². The molecule has 0 aliphatic heterocycles. The zero-order valence-electron chi connectivity index (χ0n) is 9.07. The number of pyridine rings is 1. The Bertz CT molecular complexity index is 424. The van der Waals surface area contributed by atoms with Crippen LogP contribution in [0, 0.1) is 0 Å². The number of rotatable bonds is 3. The molecule has 0 fully saturated rings. The first-order valence-corrected chi connectivity index (χ1v) is 4.89. The summed E-state index contributed by atoms with van der Waals surface area (Å²) in [5, 5.41) is 11.3. The van der Waals surface area contributed by atoms with Crippen LogP contribution in [0.3, 0.4) is 0 Å². The van der Waals surface area contributed by atoms with Gasteiger partial charge in [0.05, 0.1) is 11.3 Å². The van der Waals surface area contributed by atoms with Crippen molar-refractivity contribution in [2.45, 2.75) is 19.5 Å². The van der Waals surface area contributed by atoms with Crippen LogP contribution >= 0.6 is 0 Å². The van der Waals surface area contributed by atoms with Crippen LogP contribution in [0.25, 0.3) is 6.08 Å². The zero-order chi connectivity index (χ0) is 12.9. The fourth-order valence-electron chi connectivity index (χ4n) is 1.27. The molecule has 1 heterocycles. The number of alkyl halides is 3. The molecule has 0 radical (unpaired) electrons. The van der Waals surface area contributed by atoms with Gasteiger partial charge in [-0.1, -0.05) is 12.1 Å². The third kappa shape index (κ3) is 3.58. The molecule has 0 amide bonds. The van der Waals surface area contributed by atoms with Crippen molar-refractivity contribution in [3.63, 3.8) is 0 Å². The van der Waals surface area contributed by atoms with Crippen molar-refractivity contribution in [1.29, 1.82) is 0 Å². The van der Waals surface area contributed by atoms with E-state index in [0.717, 1.165) is 6.08 Å². The molecule has 0 aliphatic rings. The van der Waals surface area contributed by atoms with Gasteiger partial charge in [0.15, 0.2) is 0 Å². The molecule has 17 heavy (non-hydrogen) atoms. The SMILES string of the molecule is CCC(=N\O)/C(=C/c1ccncc1)C(F)(F)F. The van der Waals surface area contributed by atoms with Crippen LogP contribution in [-0.2, 0) is 0 Å². The highest BCUT2D eigenvalue weighted by atomic mass is 19.4. The van der Waals surface area contributed by atoms with Crippen molar-refractivity contribution in [3.05, 3.63) is 35.7 Å². The van der Waals surface area contributed by atoms with E-state index in [1.165, 1.54) is 31.5 Å². The van der Waals surface area contributed by atoms with Gasteiger partial charge in [-0.3, -0.25) is 4.98 Å². The van der Waals surface area contributed by atoms with Crippen molar-refractivity contribution in [1.82, 2.24) is 4.98 Å². The second kappa shape index (κ2) is 5.47. The number of nitrogens with zero attached hydrogens (tertiary/aromatic N) is 2. The van der Waals surface area contributed by atoms with E-state index < -0.39 is 17.5 Å². The summed E-state index contributed by atoms with van der Waals surface area (Å²) in [5.74, 6) is 0. The molecule has 1 aromatic rings. The van der Waals surface area contributed by atoms with Gasteiger partial charge in [0.2, 0.25) is 0 Å². The topological polar surface area (TPSA) is 45.5 Å². The normalized spacial score (nSPS) is 13.9. The smallest absolute Gasteiger partial charge is 0.411 e. The summed E-state index contributed by atoms with van der Waals surface area (Å²) < 4.78 is 38.3. The van der Waals surface area contributed by atoms with Crippen molar-refractivity contribution in [2.24, 2.45) is 5.16 Å². The van der Waals surface area contributed by atoms with Gasteiger partial charge in [0, 0.05) is 12.4 Å². The van der Waals surface area contributed by atoms with Crippen LogP contribution in [-0.4, -0.2) is 22.1 Å². The molecule has 0 saturated heterocycles. The Morgan fingerprint density at radius 3 is 2.41 bits per heavy atom. The maximum atomic E-state index is 12.8. The number of hydrogen-bond acceptors (Lipinski definition) is 3. The van der Waals surface area contributed by atoms with Crippen LogP contribution in [0.2, 0.25) is 0 Å². The van der Waals surface area contributed by atoms with E-state index >= 15 is 0 Å². The monoisotopic (exact) mass is 244 g/mol. The molecule has 0 aliphatic carbocycles. The summed E-state index contributed by atoms with van der Waals surface area (Å²) in [6, 6.07) is 2.88. The van der Waals surface area contributed by atoms with Crippen LogP contribution < -0.4 is 0 Å². The lowest BCUT2D eigenvalue weighted by atomic mass is 10.0. The zero-order valence-corrected chi connectivity index (χ0v) is 9.07. The molecule has 1 rings (SSSR count). The van der Waals surface area contributed by atoms with E-state index in [4.69, 9.17) is 5.21 Å². The molecule has 0 spiro atoms. The lowest BCUT2D eigenvalue weighted by molar-refractivity contribution is -0.0855. The van der Waals surface area contributed by atoms with Crippen LogP contribution in [0.1, 0.15) is 18.9 Å². The third-order valence-electron chi connectivity index (χ3n) is 2.09. The van der Waals surface area contributed by atoms with Gasteiger partial charge >= 0.3 is 6.18 Å². The Labute approximate surface area is 96.3 Å². The lowest BCUT2D eigenvalue weighted by Crippen LogP contribution is -2.19. The first kappa shape index (κ1) is 13.2. The van der Waals surface area contributed by atoms with Crippen molar-refractivity contribution < 1.29 is 18.4 Å². The van der Waals surface area contributed by atoms with Crippen molar-refractivity contribution >= 4 is 11.8 Å². The molecular formula is C11H11F3N2O. The van der Waals surface area contributed by atoms with E-state index in [9.17, 15) is 13.2 Å². The van der Waals surface area contributed by atoms with Crippen molar-refractivity contribution in [2.75, 3.05) is 0 Å². The molecule has 1 N–H and O–H groups in total. The van der Waals surface area contributed by atoms with Gasteiger partial charge < -0.3 is 5.21 Å². The molecule has 3 nitrogen and oxygen atoms in total. The summed E-state index contributed by atoms with van der Waals surface area (Å²) in [7, 11) is 0. The molecule has 0 atom stereocenters. The summed E-state index contributed by atoms with van der Waals surface area (Å²) in [5.41, 5.74) is -0.995. The minimum atomic E-state index is -4.55. The molecule has 6 heteroatoms. The van der Waals surface area contributed by atoms with Gasteiger partial charge in [-0.25, -0.2) is 0 Å². The molecule has 92 valence electrons. The number of halogens is 3. The maximum absolute atomic E-state index is 12.8. The summed E-state index contributed by atoms with van der Waals surface area (Å²) in [6.07, 6.45) is -0.850. The fraction of sp³-hybridized carbons (Fsp3) is 0.273. The fourth-order valence-corrected chi connectivity index (χ4v) is 1.27. The lowest BCUT2D eigenvalue weighted by Gasteiger charge is -2.11. The highest BCUT2D eigenvalue weighted by molar-refractivity contribution is 6.04. The Morgan fingerprint density at radius 2 is 2.00 bits per heavy atom. The average molecular weight is 244 g/mol. The van der Waals surface area contributed by atoms with Gasteiger partial charge in [-0.2, -0.15) is 13.2 Å². The standard InChI is InChI=1S/C11H11F3N2O/c1-2-10(16-17)9(11(12,13)14)7-8-3-5-15-6-4-8/h3-7,17H,2H2,1H3/b9-7-,16-10+. The number of oxime groups is 1. The van der Waals surface area contributed by atoms with Crippen LogP contribution in [0.5, 0.6) is 0 Å². The van der Waals surface area contributed by atoms with Gasteiger partial charge in [-0.05, 0) is 30.2 Å². The minimum Gasteiger partial charge on any atom is -0.411 e. The quantitative estimate of drug-likeness (QED) is 0.504. The van der Waals surface area contributed by atoms with E-state index in [-0.39, 0.29) is 6.42 Å². The predicted molar refractivity (Wildman–Crippen MR) is 57.8 cm³/mol. The van der Waals surface area contributed by atoms with Crippen molar-refractivity contribution in [3.8, 4) is 0 Å². The Kier molecular flexibility index (Phi) is 4.25. The largest absolute Gasteiger partial charge is 0.418 e. The highest BCUT2D eigenvalue weighted by Crippen LogP contribution is 2.29. The molecule has 0 saturated carbocycles. The summed E-state index contributed by atoms with van der Waals surface area (Å²) >= 11 is 0. The number of hydrogen-bond donors (Lipinski definition) is 1. The van der Waals surface area contributed by atoms with Gasteiger partial charge in [0.25, 0.3) is 0 Å². The Balaban J connectivity index is 3.21. The first-order chi connectivity index (χ1) is 7.99. The van der Waals surface area contributed by atoms with E-state index in [2.05, 4.69) is 10.1 Å². The number of aromatic nitrogens is 1. The van der Waals surface area contributed by atoms with E-state index in [0.29, 0.717) is 5.56 Å². The van der Waals surface area contributed by atoms with Crippen LogP contribution in [0.4, 0.5) is 13.2 Å². The van der Waals surface area contributed by atoms with Gasteiger partial charge in [-0.15, -0.1) is 0 Å². The van der Waals surface area contributed by atoms with Gasteiger partial charge in [0.1, 0.15) is 0 Å². The highest BCUT2D eigenvalue weighted by Gasteiger charge is 2.36. The predicted octanol–water partition coefficient (Wildman–Crippen LogP) is 3.27. The second-order valence-corrected chi connectivity index (χ2v) is 3.24. The molecule has 0 bridgehead atoms. The molecule has 0 aromatic carbocycles. The Morgan fingerprint density at radius 1 is 1.41 bits per heavy atom. The van der Waals surface area contributed by atoms with E-state index in [1.807, 2.05) is 0 Å². The molecular weight excluding hydrogens is 233 g/mol. The summed E-state index contributed by atoms with van der Waals surface area (Å²) in [4.78, 5) is 3.71.